The van der Waals surface area contributed by atoms with E-state index in [1.807, 2.05) is 20.8 Å². The van der Waals surface area contributed by atoms with Gasteiger partial charge in [-0.2, -0.15) is 13.2 Å². The molecule has 0 aromatic rings. The molecule has 6 heteroatoms. The maximum atomic E-state index is 12.5. The molecule has 2 atom stereocenters. The van der Waals surface area contributed by atoms with E-state index < -0.39 is 18.1 Å². The number of rotatable bonds is 4. The minimum absolute atomic E-state index is 0.0327. The Morgan fingerprint density at radius 1 is 1.37 bits per heavy atom. The summed E-state index contributed by atoms with van der Waals surface area (Å²) < 4.78 is 37.6. The lowest BCUT2D eigenvalue weighted by atomic mass is 9.93. The summed E-state index contributed by atoms with van der Waals surface area (Å²) in [6.07, 6.45) is -3.02. The summed E-state index contributed by atoms with van der Waals surface area (Å²) in [5.74, 6) is -1.40. The smallest absolute Gasteiger partial charge is 0.339 e. The number of carbonyl (C=O) groups is 1. The van der Waals surface area contributed by atoms with Crippen LogP contribution in [-0.2, 0) is 4.79 Å². The van der Waals surface area contributed by atoms with Gasteiger partial charge in [-0.15, -0.1) is 0 Å². The SMILES string of the molecule is CCCN(C(=O)C1CCC(C(F)(F)F)CN1)C(C)C. The molecule has 1 amide bonds. The van der Waals surface area contributed by atoms with E-state index in [1.54, 1.807) is 4.90 Å². The summed E-state index contributed by atoms with van der Waals surface area (Å²) in [6, 6.07) is -0.387. The molecule has 1 N–H and O–H groups in total. The van der Waals surface area contributed by atoms with E-state index in [0.29, 0.717) is 6.54 Å². The first-order valence-corrected chi connectivity index (χ1v) is 6.88. The van der Waals surface area contributed by atoms with Crippen molar-refractivity contribution in [3.05, 3.63) is 0 Å². The van der Waals surface area contributed by atoms with Gasteiger partial charge >= 0.3 is 6.18 Å². The van der Waals surface area contributed by atoms with E-state index in [1.165, 1.54) is 0 Å². The maximum Gasteiger partial charge on any atom is 0.393 e. The largest absolute Gasteiger partial charge is 0.393 e. The molecule has 0 aliphatic carbocycles. The van der Waals surface area contributed by atoms with Crippen molar-refractivity contribution in [1.29, 1.82) is 0 Å². The summed E-state index contributed by atoms with van der Waals surface area (Å²) in [4.78, 5) is 14.0. The van der Waals surface area contributed by atoms with Gasteiger partial charge in [0, 0.05) is 19.1 Å². The Hall–Kier alpha value is -0.780. The molecule has 1 aliphatic heterocycles. The first-order chi connectivity index (χ1) is 8.77. The minimum Gasteiger partial charge on any atom is -0.339 e. The van der Waals surface area contributed by atoms with Crippen molar-refractivity contribution in [3.8, 4) is 0 Å². The summed E-state index contributed by atoms with van der Waals surface area (Å²) in [5.41, 5.74) is 0. The molecule has 0 spiro atoms. The summed E-state index contributed by atoms with van der Waals surface area (Å²) in [6.45, 7) is 6.33. The molecule has 1 heterocycles. The molecule has 3 nitrogen and oxygen atoms in total. The van der Waals surface area contributed by atoms with Gasteiger partial charge in [0.15, 0.2) is 0 Å². The average molecular weight is 280 g/mol. The highest BCUT2D eigenvalue weighted by molar-refractivity contribution is 5.82. The van der Waals surface area contributed by atoms with Crippen molar-refractivity contribution < 1.29 is 18.0 Å². The zero-order valence-corrected chi connectivity index (χ0v) is 11.8. The number of piperidine rings is 1. The van der Waals surface area contributed by atoms with Crippen LogP contribution < -0.4 is 5.32 Å². The number of alkyl halides is 3. The van der Waals surface area contributed by atoms with E-state index in [0.717, 1.165) is 6.42 Å². The number of nitrogens with one attached hydrogen (secondary N) is 1. The van der Waals surface area contributed by atoms with E-state index in [4.69, 9.17) is 0 Å². The molecular weight excluding hydrogens is 257 g/mol. The molecule has 1 saturated heterocycles. The molecule has 2 unspecified atom stereocenters. The molecule has 19 heavy (non-hydrogen) atoms. The Morgan fingerprint density at radius 2 is 2.00 bits per heavy atom. The fraction of sp³-hybridized carbons (Fsp3) is 0.923. The zero-order valence-electron chi connectivity index (χ0n) is 11.8. The predicted octanol–water partition coefficient (Wildman–Crippen LogP) is 2.56. The molecule has 0 aromatic carbocycles. The lowest BCUT2D eigenvalue weighted by Crippen LogP contribution is -2.54. The fourth-order valence-corrected chi connectivity index (χ4v) is 2.41. The van der Waals surface area contributed by atoms with Crippen LogP contribution in [0.4, 0.5) is 13.2 Å². The molecule has 0 radical (unpaired) electrons. The van der Waals surface area contributed by atoms with E-state index >= 15 is 0 Å². The van der Waals surface area contributed by atoms with Gasteiger partial charge < -0.3 is 10.2 Å². The third kappa shape index (κ3) is 4.37. The van der Waals surface area contributed by atoms with Crippen molar-refractivity contribution in [2.45, 2.75) is 58.3 Å². The molecule has 0 aromatic heterocycles. The van der Waals surface area contributed by atoms with Crippen LogP contribution in [0.1, 0.15) is 40.0 Å². The van der Waals surface area contributed by atoms with Crippen molar-refractivity contribution in [2.24, 2.45) is 5.92 Å². The van der Waals surface area contributed by atoms with Crippen LogP contribution in [0.3, 0.4) is 0 Å². The van der Waals surface area contributed by atoms with Crippen molar-refractivity contribution in [3.63, 3.8) is 0 Å². The van der Waals surface area contributed by atoms with Gasteiger partial charge in [-0.25, -0.2) is 0 Å². The first-order valence-electron chi connectivity index (χ1n) is 6.88. The van der Waals surface area contributed by atoms with Crippen molar-refractivity contribution >= 4 is 5.91 Å². The molecule has 1 fully saturated rings. The average Bonchev–Trinajstić information content (AvgIpc) is 2.34. The van der Waals surface area contributed by atoms with Crippen molar-refractivity contribution in [1.82, 2.24) is 10.2 Å². The summed E-state index contributed by atoms with van der Waals surface area (Å²) in [5, 5.41) is 2.76. The predicted molar refractivity (Wildman–Crippen MR) is 67.7 cm³/mol. The maximum absolute atomic E-state index is 12.5. The number of halogens is 3. The highest BCUT2D eigenvalue weighted by atomic mass is 19.4. The molecule has 1 rings (SSSR count). The molecule has 0 saturated carbocycles. The normalized spacial score (nSPS) is 24.6. The standard InChI is InChI=1S/C13H23F3N2O/c1-4-7-18(9(2)3)12(19)11-6-5-10(8-17-11)13(14,15)16/h9-11,17H,4-8H2,1-3H3. The Balaban J connectivity index is 2.56. The third-order valence-electron chi connectivity index (χ3n) is 3.55. The lowest BCUT2D eigenvalue weighted by molar-refractivity contribution is -0.181. The van der Waals surface area contributed by atoms with E-state index in [9.17, 15) is 18.0 Å². The second-order valence-corrected chi connectivity index (χ2v) is 5.40. The third-order valence-corrected chi connectivity index (χ3v) is 3.55. The van der Waals surface area contributed by atoms with Crippen LogP contribution in [-0.4, -0.2) is 42.2 Å². The minimum atomic E-state index is -4.16. The monoisotopic (exact) mass is 280 g/mol. The fourth-order valence-electron chi connectivity index (χ4n) is 2.41. The Morgan fingerprint density at radius 3 is 2.37 bits per heavy atom. The van der Waals surface area contributed by atoms with Gasteiger partial charge in [0.25, 0.3) is 0 Å². The number of amides is 1. The van der Waals surface area contributed by atoms with Crippen LogP contribution in [0.25, 0.3) is 0 Å². The van der Waals surface area contributed by atoms with E-state index in [2.05, 4.69) is 5.32 Å². The van der Waals surface area contributed by atoms with Gasteiger partial charge in [0.1, 0.15) is 0 Å². The molecule has 1 aliphatic rings. The number of hydrogen-bond acceptors (Lipinski definition) is 2. The Labute approximate surface area is 112 Å². The quantitative estimate of drug-likeness (QED) is 0.858. The van der Waals surface area contributed by atoms with Crippen molar-refractivity contribution in [2.75, 3.05) is 13.1 Å². The van der Waals surface area contributed by atoms with Crippen LogP contribution in [0.2, 0.25) is 0 Å². The summed E-state index contributed by atoms with van der Waals surface area (Å²) in [7, 11) is 0. The van der Waals surface area contributed by atoms with Gasteiger partial charge in [0.05, 0.1) is 12.0 Å². The van der Waals surface area contributed by atoms with Crippen LogP contribution in [0.5, 0.6) is 0 Å². The highest BCUT2D eigenvalue weighted by Crippen LogP contribution is 2.32. The molecule has 0 bridgehead atoms. The van der Waals surface area contributed by atoms with E-state index in [-0.39, 0.29) is 31.3 Å². The van der Waals surface area contributed by atoms with Gasteiger partial charge in [-0.3, -0.25) is 4.79 Å². The molecular formula is C13H23F3N2O. The highest BCUT2D eigenvalue weighted by Gasteiger charge is 2.43. The number of hydrogen-bond donors (Lipinski definition) is 1. The van der Waals surface area contributed by atoms with Crippen LogP contribution in [0, 0.1) is 5.92 Å². The number of carbonyl (C=O) groups excluding carboxylic acids is 1. The molecule has 112 valence electrons. The second kappa shape index (κ2) is 6.59. The Kier molecular flexibility index (Phi) is 5.64. The van der Waals surface area contributed by atoms with Gasteiger partial charge in [0.2, 0.25) is 5.91 Å². The van der Waals surface area contributed by atoms with Gasteiger partial charge in [-0.05, 0) is 33.1 Å². The summed E-state index contributed by atoms with van der Waals surface area (Å²) >= 11 is 0. The zero-order chi connectivity index (χ0) is 14.6. The van der Waals surface area contributed by atoms with Crippen LogP contribution >= 0.6 is 0 Å². The lowest BCUT2D eigenvalue weighted by Gasteiger charge is -2.35. The number of nitrogens with zero attached hydrogens (tertiary/aromatic N) is 1. The topological polar surface area (TPSA) is 32.3 Å². The second-order valence-electron chi connectivity index (χ2n) is 5.40. The Bertz CT molecular complexity index is 297. The van der Waals surface area contributed by atoms with Gasteiger partial charge in [-0.1, -0.05) is 6.92 Å². The first kappa shape index (κ1) is 16.3. The van der Waals surface area contributed by atoms with Crippen LogP contribution in [0.15, 0.2) is 0 Å².